The van der Waals surface area contributed by atoms with Gasteiger partial charge in [-0.05, 0) is 42.3 Å². The van der Waals surface area contributed by atoms with Crippen LogP contribution in [-0.2, 0) is 15.8 Å². The molecule has 170 valence electrons. The van der Waals surface area contributed by atoms with E-state index in [4.69, 9.17) is 0 Å². The number of hydrogen-bond acceptors (Lipinski definition) is 3. The number of aromatic nitrogens is 2. The molecule has 6 nitrogen and oxygen atoms in total. The van der Waals surface area contributed by atoms with Crippen LogP contribution in [0.3, 0.4) is 0 Å². The van der Waals surface area contributed by atoms with E-state index < -0.39 is 17.7 Å². The lowest BCUT2D eigenvalue weighted by Gasteiger charge is -2.28. The largest absolute Gasteiger partial charge is 0.416 e. The molecule has 0 aliphatic carbocycles. The van der Waals surface area contributed by atoms with Crippen LogP contribution in [0.1, 0.15) is 24.0 Å². The van der Waals surface area contributed by atoms with Crippen LogP contribution in [0.4, 0.5) is 18.9 Å². The minimum Gasteiger partial charge on any atom is -0.346 e. The van der Waals surface area contributed by atoms with E-state index in [0.29, 0.717) is 19.5 Å². The quantitative estimate of drug-likeness (QED) is 0.643. The highest BCUT2D eigenvalue weighted by Crippen LogP contribution is 2.34. The van der Waals surface area contributed by atoms with Crippen molar-refractivity contribution in [3.63, 3.8) is 0 Å². The highest BCUT2D eigenvalue weighted by Gasteiger charge is 2.38. The minimum atomic E-state index is -4.49. The number of carbonyl (C=O) groups is 2. The normalized spacial score (nSPS) is 19.3. The number of H-pyrrole nitrogens is 1. The molecular formula is C24H21F3N4O2. The molecule has 1 atom stereocenters. The molecule has 1 N–H and O–H groups in total. The van der Waals surface area contributed by atoms with Gasteiger partial charge in [-0.1, -0.05) is 12.1 Å². The Hall–Kier alpha value is -3.62. The first-order valence-electron chi connectivity index (χ1n) is 10.7. The number of alkyl halides is 3. The van der Waals surface area contributed by atoms with Gasteiger partial charge < -0.3 is 14.8 Å². The number of rotatable bonds is 3. The monoisotopic (exact) mass is 454 g/mol. The highest BCUT2D eigenvalue weighted by molar-refractivity contribution is 6.00. The third-order valence-corrected chi connectivity index (χ3v) is 6.28. The van der Waals surface area contributed by atoms with E-state index in [1.807, 2.05) is 24.4 Å². The van der Waals surface area contributed by atoms with Crippen molar-refractivity contribution >= 4 is 34.1 Å². The van der Waals surface area contributed by atoms with Crippen molar-refractivity contribution in [3.8, 4) is 0 Å². The zero-order valence-electron chi connectivity index (χ0n) is 17.6. The maximum atomic E-state index is 13.1. The lowest BCUT2D eigenvalue weighted by atomic mass is 9.98. The van der Waals surface area contributed by atoms with Crippen LogP contribution in [0.5, 0.6) is 0 Å². The van der Waals surface area contributed by atoms with Crippen molar-refractivity contribution in [1.29, 1.82) is 0 Å². The van der Waals surface area contributed by atoms with Crippen molar-refractivity contribution in [2.24, 2.45) is 5.92 Å². The number of nitrogens with one attached hydrogen (secondary N) is 1. The third kappa shape index (κ3) is 3.99. The van der Waals surface area contributed by atoms with Crippen molar-refractivity contribution in [1.82, 2.24) is 14.9 Å². The Morgan fingerprint density at radius 3 is 2.79 bits per heavy atom. The maximum absolute atomic E-state index is 13.1. The summed E-state index contributed by atoms with van der Waals surface area (Å²) in [6.07, 6.45) is 1.83. The SMILES string of the molecule is O=C(C1CC(=O)N(c2cccc(C(F)(F)F)c2)C1)N1CC=C(c2c[nH]c3ncccc23)CC1. The van der Waals surface area contributed by atoms with Crippen LogP contribution < -0.4 is 4.90 Å². The van der Waals surface area contributed by atoms with Gasteiger partial charge in [0.25, 0.3) is 0 Å². The van der Waals surface area contributed by atoms with E-state index in [2.05, 4.69) is 9.97 Å². The van der Waals surface area contributed by atoms with Crippen LogP contribution in [0.25, 0.3) is 16.6 Å². The summed E-state index contributed by atoms with van der Waals surface area (Å²) in [5, 5.41) is 1.03. The van der Waals surface area contributed by atoms with Gasteiger partial charge in [0.05, 0.1) is 11.5 Å². The summed E-state index contributed by atoms with van der Waals surface area (Å²) in [6, 6.07) is 8.54. The molecule has 2 aromatic heterocycles. The van der Waals surface area contributed by atoms with Crippen molar-refractivity contribution in [2.45, 2.75) is 19.0 Å². The second-order valence-corrected chi connectivity index (χ2v) is 8.32. The molecule has 33 heavy (non-hydrogen) atoms. The van der Waals surface area contributed by atoms with E-state index in [0.717, 1.165) is 34.3 Å². The van der Waals surface area contributed by atoms with Gasteiger partial charge in [-0.15, -0.1) is 0 Å². The van der Waals surface area contributed by atoms with Gasteiger partial charge in [0, 0.05) is 55.1 Å². The number of nitrogens with zero attached hydrogens (tertiary/aromatic N) is 3. The van der Waals surface area contributed by atoms with Crippen LogP contribution in [0.15, 0.2) is 54.9 Å². The molecule has 1 aromatic carbocycles. The Morgan fingerprint density at radius 1 is 1.18 bits per heavy atom. The zero-order chi connectivity index (χ0) is 23.2. The van der Waals surface area contributed by atoms with Crippen LogP contribution in [0, 0.1) is 5.92 Å². The summed E-state index contributed by atoms with van der Waals surface area (Å²) in [6.45, 7) is 1.03. The number of fused-ring (bicyclic) bond motifs is 1. The average Bonchev–Trinajstić information content (AvgIpc) is 3.42. The molecule has 2 amide bonds. The molecule has 0 radical (unpaired) electrons. The first kappa shape index (κ1) is 21.2. The Kier molecular flexibility index (Phi) is 5.19. The van der Waals surface area contributed by atoms with Gasteiger partial charge in [-0.25, -0.2) is 4.98 Å². The lowest BCUT2D eigenvalue weighted by Crippen LogP contribution is -2.39. The number of benzene rings is 1. The molecule has 2 aliphatic heterocycles. The summed E-state index contributed by atoms with van der Waals surface area (Å²) in [7, 11) is 0. The fourth-order valence-electron chi connectivity index (χ4n) is 4.57. The van der Waals surface area contributed by atoms with Crippen molar-refractivity contribution in [3.05, 3.63) is 66.0 Å². The summed E-state index contributed by atoms with van der Waals surface area (Å²) in [5.74, 6) is -1.06. The molecule has 2 aliphatic rings. The summed E-state index contributed by atoms with van der Waals surface area (Å²) in [5.41, 5.74) is 2.36. The molecule has 5 rings (SSSR count). The lowest BCUT2D eigenvalue weighted by molar-refractivity contribution is -0.137. The standard InChI is InChI=1S/C24H21F3N4O2/c25-24(26,27)17-3-1-4-18(12-17)31-14-16(11-21(31)32)23(33)30-9-6-15(7-10-30)20-13-29-22-19(20)5-2-8-28-22/h1-6,8,12-13,16H,7,9-11,14H2,(H,28,29). The number of amides is 2. The van der Waals surface area contributed by atoms with Gasteiger partial charge in [0.15, 0.2) is 0 Å². The summed E-state index contributed by atoms with van der Waals surface area (Å²) in [4.78, 5) is 36.0. The first-order valence-corrected chi connectivity index (χ1v) is 10.7. The third-order valence-electron chi connectivity index (χ3n) is 6.28. The average molecular weight is 454 g/mol. The molecule has 0 spiro atoms. The topological polar surface area (TPSA) is 69.3 Å². The fraction of sp³-hybridized carbons (Fsp3) is 0.292. The number of aromatic amines is 1. The number of carbonyl (C=O) groups excluding carboxylic acids is 2. The van der Waals surface area contributed by atoms with Gasteiger partial charge in [0.1, 0.15) is 5.65 Å². The van der Waals surface area contributed by atoms with Crippen LogP contribution in [0.2, 0.25) is 0 Å². The highest BCUT2D eigenvalue weighted by atomic mass is 19.4. The molecule has 0 bridgehead atoms. The molecular weight excluding hydrogens is 433 g/mol. The van der Waals surface area contributed by atoms with Crippen molar-refractivity contribution < 1.29 is 22.8 Å². The Bertz CT molecular complexity index is 1260. The van der Waals surface area contributed by atoms with Crippen LogP contribution in [-0.4, -0.2) is 46.3 Å². The number of halogens is 3. The number of pyridine rings is 1. The predicted octanol–water partition coefficient (Wildman–Crippen LogP) is 4.25. The van der Waals surface area contributed by atoms with Crippen LogP contribution >= 0.6 is 0 Å². The first-order chi connectivity index (χ1) is 15.8. The molecule has 1 fully saturated rings. The molecule has 9 heteroatoms. The predicted molar refractivity (Wildman–Crippen MR) is 117 cm³/mol. The van der Waals surface area contributed by atoms with Gasteiger partial charge in [-0.3, -0.25) is 9.59 Å². The summed E-state index contributed by atoms with van der Waals surface area (Å²) < 4.78 is 39.1. The van der Waals surface area contributed by atoms with Gasteiger partial charge in [0.2, 0.25) is 11.8 Å². The maximum Gasteiger partial charge on any atom is 0.416 e. The fourth-order valence-corrected chi connectivity index (χ4v) is 4.57. The smallest absolute Gasteiger partial charge is 0.346 e. The number of anilines is 1. The molecule has 3 aromatic rings. The summed E-state index contributed by atoms with van der Waals surface area (Å²) >= 11 is 0. The van der Waals surface area contributed by atoms with Gasteiger partial charge in [-0.2, -0.15) is 13.2 Å². The van der Waals surface area contributed by atoms with E-state index in [9.17, 15) is 22.8 Å². The van der Waals surface area contributed by atoms with E-state index in [1.165, 1.54) is 17.0 Å². The second kappa shape index (κ2) is 8.06. The molecule has 4 heterocycles. The molecule has 1 saturated heterocycles. The van der Waals surface area contributed by atoms with E-state index in [-0.39, 0.29) is 30.5 Å². The minimum absolute atomic E-state index is 0.00370. The van der Waals surface area contributed by atoms with Crippen molar-refractivity contribution in [2.75, 3.05) is 24.5 Å². The molecule has 0 saturated carbocycles. The Balaban J connectivity index is 1.28. The number of hydrogen-bond donors (Lipinski definition) is 1. The Morgan fingerprint density at radius 2 is 2.03 bits per heavy atom. The van der Waals surface area contributed by atoms with Gasteiger partial charge >= 0.3 is 6.18 Å². The van der Waals surface area contributed by atoms with E-state index in [1.54, 1.807) is 11.1 Å². The Labute approximate surface area is 187 Å². The molecule has 1 unspecified atom stereocenters. The van der Waals surface area contributed by atoms with E-state index >= 15 is 0 Å². The second-order valence-electron chi connectivity index (χ2n) is 8.32. The zero-order valence-corrected chi connectivity index (χ0v) is 17.6.